The van der Waals surface area contributed by atoms with E-state index in [0.717, 1.165) is 29.7 Å². The van der Waals surface area contributed by atoms with Crippen LogP contribution in [0.4, 0.5) is 5.95 Å². The van der Waals surface area contributed by atoms with Gasteiger partial charge in [0.15, 0.2) is 4.96 Å². The molecule has 4 rings (SSSR count). The number of imidazole rings is 1. The third kappa shape index (κ3) is 2.89. The fourth-order valence-corrected chi connectivity index (χ4v) is 3.46. The number of fused-ring (bicyclic) bond motifs is 1. The zero-order chi connectivity index (χ0) is 15.6. The Morgan fingerprint density at radius 3 is 2.70 bits per heavy atom. The molecule has 23 heavy (non-hydrogen) atoms. The van der Waals surface area contributed by atoms with Gasteiger partial charge in [0.25, 0.3) is 0 Å². The number of carbonyl (C=O) groups excluding carboxylic acids is 1. The Morgan fingerprint density at radius 1 is 1.17 bits per heavy atom. The van der Waals surface area contributed by atoms with Gasteiger partial charge in [-0.15, -0.1) is 11.3 Å². The summed E-state index contributed by atoms with van der Waals surface area (Å²) < 4.78 is 1.96. The van der Waals surface area contributed by atoms with Gasteiger partial charge in [0.2, 0.25) is 11.9 Å². The maximum absolute atomic E-state index is 12.4. The van der Waals surface area contributed by atoms with E-state index in [9.17, 15) is 4.79 Å². The first-order valence-corrected chi connectivity index (χ1v) is 8.38. The summed E-state index contributed by atoms with van der Waals surface area (Å²) >= 11 is 1.58. The first kappa shape index (κ1) is 14.1. The van der Waals surface area contributed by atoms with Crippen molar-refractivity contribution in [1.82, 2.24) is 24.3 Å². The molecular formula is C15H16N6OS. The summed E-state index contributed by atoms with van der Waals surface area (Å²) in [6.07, 6.45) is 7.72. The maximum Gasteiger partial charge on any atom is 0.228 e. The minimum Gasteiger partial charge on any atom is -0.339 e. The number of piperazine rings is 1. The number of anilines is 1. The van der Waals surface area contributed by atoms with Crippen LogP contribution in [0.25, 0.3) is 4.96 Å². The van der Waals surface area contributed by atoms with E-state index in [4.69, 9.17) is 0 Å². The van der Waals surface area contributed by atoms with Crippen molar-refractivity contribution in [1.29, 1.82) is 0 Å². The average molecular weight is 328 g/mol. The molecule has 1 amide bonds. The minimum atomic E-state index is 0.129. The standard InChI is InChI=1S/C15H16N6OS/c22-13(10-12-11-21-8-9-23-15(21)18-12)19-4-6-20(7-5-19)14-16-2-1-3-17-14/h1-3,8-9,11H,4-7,10H2. The Morgan fingerprint density at radius 2 is 1.96 bits per heavy atom. The van der Waals surface area contributed by atoms with Gasteiger partial charge in [-0.1, -0.05) is 0 Å². The molecule has 0 radical (unpaired) electrons. The van der Waals surface area contributed by atoms with Crippen LogP contribution in [0.15, 0.2) is 36.2 Å². The van der Waals surface area contributed by atoms with Crippen LogP contribution in [-0.2, 0) is 11.2 Å². The average Bonchev–Trinajstić information content (AvgIpc) is 3.17. The van der Waals surface area contributed by atoms with Gasteiger partial charge in [-0.05, 0) is 6.07 Å². The van der Waals surface area contributed by atoms with Crippen molar-refractivity contribution >= 4 is 28.2 Å². The Labute approximate surface area is 137 Å². The maximum atomic E-state index is 12.4. The van der Waals surface area contributed by atoms with E-state index in [2.05, 4.69) is 19.9 Å². The van der Waals surface area contributed by atoms with E-state index in [0.29, 0.717) is 19.5 Å². The van der Waals surface area contributed by atoms with Crippen molar-refractivity contribution in [2.75, 3.05) is 31.1 Å². The van der Waals surface area contributed by atoms with Crippen molar-refractivity contribution in [3.8, 4) is 0 Å². The van der Waals surface area contributed by atoms with E-state index >= 15 is 0 Å². The van der Waals surface area contributed by atoms with E-state index in [1.165, 1.54) is 0 Å². The van der Waals surface area contributed by atoms with Crippen LogP contribution >= 0.6 is 11.3 Å². The summed E-state index contributed by atoms with van der Waals surface area (Å²) in [5.41, 5.74) is 0.829. The van der Waals surface area contributed by atoms with E-state index in [-0.39, 0.29) is 5.91 Å². The summed E-state index contributed by atoms with van der Waals surface area (Å²) in [6.45, 7) is 2.90. The number of hydrogen-bond donors (Lipinski definition) is 0. The highest BCUT2D eigenvalue weighted by molar-refractivity contribution is 7.15. The lowest BCUT2D eigenvalue weighted by molar-refractivity contribution is -0.130. The van der Waals surface area contributed by atoms with Crippen LogP contribution in [0.3, 0.4) is 0 Å². The molecule has 0 aromatic carbocycles. The Balaban J connectivity index is 1.36. The number of nitrogens with zero attached hydrogens (tertiary/aromatic N) is 6. The second-order valence-electron chi connectivity index (χ2n) is 5.42. The van der Waals surface area contributed by atoms with Gasteiger partial charge in [-0.3, -0.25) is 9.20 Å². The number of carbonyl (C=O) groups is 1. The van der Waals surface area contributed by atoms with Crippen LogP contribution in [0.2, 0.25) is 0 Å². The lowest BCUT2D eigenvalue weighted by atomic mass is 10.2. The smallest absolute Gasteiger partial charge is 0.228 e. The quantitative estimate of drug-likeness (QED) is 0.720. The molecule has 0 bridgehead atoms. The molecule has 7 nitrogen and oxygen atoms in total. The van der Waals surface area contributed by atoms with Crippen molar-refractivity contribution in [3.63, 3.8) is 0 Å². The van der Waals surface area contributed by atoms with Crippen LogP contribution in [-0.4, -0.2) is 56.3 Å². The van der Waals surface area contributed by atoms with Gasteiger partial charge in [0, 0.05) is 56.3 Å². The fraction of sp³-hybridized carbons (Fsp3) is 0.333. The number of aromatic nitrogens is 4. The second-order valence-corrected chi connectivity index (χ2v) is 6.29. The monoisotopic (exact) mass is 328 g/mol. The van der Waals surface area contributed by atoms with Gasteiger partial charge in [-0.25, -0.2) is 15.0 Å². The predicted octanol–water partition coefficient (Wildman–Crippen LogP) is 1.08. The molecule has 1 aliphatic rings. The van der Waals surface area contributed by atoms with Gasteiger partial charge in [-0.2, -0.15) is 0 Å². The molecule has 0 atom stereocenters. The summed E-state index contributed by atoms with van der Waals surface area (Å²) in [5.74, 6) is 0.860. The van der Waals surface area contributed by atoms with Crippen molar-refractivity contribution < 1.29 is 4.79 Å². The van der Waals surface area contributed by atoms with E-state index < -0.39 is 0 Å². The Hall–Kier alpha value is -2.48. The molecule has 4 heterocycles. The van der Waals surface area contributed by atoms with Crippen LogP contribution < -0.4 is 4.90 Å². The third-order valence-electron chi connectivity index (χ3n) is 3.94. The van der Waals surface area contributed by atoms with Gasteiger partial charge >= 0.3 is 0 Å². The zero-order valence-electron chi connectivity index (χ0n) is 12.5. The molecule has 1 fully saturated rings. The van der Waals surface area contributed by atoms with Gasteiger partial charge in [0.05, 0.1) is 12.1 Å². The summed E-state index contributed by atoms with van der Waals surface area (Å²) in [6, 6.07) is 1.80. The summed E-state index contributed by atoms with van der Waals surface area (Å²) in [4.78, 5) is 30.4. The Kier molecular flexibility index (Phi) is 3.66. The number of thiazole rings is 1. The highest BCUT2D eigenvalue weighted by Crippen LogP contribution is 2.14. The topological polar surface area (TPSA) is 66.6 Å². The van der Waals surface area contributed by atoms with Crippen LogP contribution in [0.1, 0.15) is 5.69 Å². The van der Waals surface area contributed by atoms with Crippen LogP contribution in [0, 0.1) is 0 Å². The molecule has 0 aliphatic carbocycles. The van der Waals surface area contributed by atoms with Crippen molar-refractivity contribution in [3.05, 3.63) is 41.9 Å². The first-order valence-electron chi connectivity index (χ1n) is 7.50. The molecule has 0 saturated carbocycles. The molecule has 118 valence electrons. The molecule has 3 aromatic heterocycles. The zero-order valence-corrected chi connectivity index (χ0v) is 13.3. The molecule has 1 aliphatic heterocycles. The SMILES string of the molecule is O=C(Cc1cn2ccsc2n1)N1CCN(c2ncccn2)CC1. The van der Waals surface area contributed by atoms with Crippen LogP contribution in [0.5, 0.6) is 0 Å². The normalized spacial score (nSPS) is 15.3. The van der Waals surface area contributed by atoms with E-state index in [1.54, 1.807) is 29.8 Å². The van der Waals surface area contributed by atoms with E-state index in [1.807, 2.05) is 27.1 Å². The largest absolute Gasteiger partial charge is 0.339 e. The van der Waals surface area contributed by atoms with Gasteiger partial charge < -0.3 is 9.80 Å². The molecule has 8 heteroatoms. The molecule has 1 saturated heterocycles. The summed E-state index contributed by atoms with van der Waals surface area (Å²) in [5, 5.41) is 1.98. The number of hydrogen-bond acceptors (Lipinski definition) is 6. The lowest BCUT2D eigenvalue weighted by Crippen LogP contribution is -2.49. The predicted molar refractivity (Wildman–Crippen MR) is 87.6 cm³/mol. The number of rotatable bonds is 3. The lowest BCUT2D eigenvalue weighted by Gasteiger charge is -2.34. The molecule has 0 unspecified atom stereocenters. The molecule has 0 N–H and O–H groups in total. The second kappa shape index (κ2) is 5.96. The fourth-order valence-electron chi connectivity index (χ4n) is 2.74. The highest BCUT2D eigenvalue weighted by atomic mass is 32.1. The summed E-state index contributed by atoms with van der Waals surface area (Å²) in [7, 11) is 0. The number of amides is 1. The minimum absolute atomic E-state index is 0.129. The highest BCUT2D eigenvalue weighted by Gasteiger charge is 2.23. The Bertz CT molecular complexity index is 777. The first-order chi connectivity index (χ1) is 11.3. The molecule has 0 spiro atoms. The molecular weight excluding hydrogens is 312 g/mol. The third-order valence-corrected chi connectivity index (χ3v) is 4.71. The van der Waals surface area contributed by atoms with Crippen molar-refractivity contribution in [2.24, 2.45) is 0 Å². The van der Waals surface area contributed by atoms with Crippen molar-refractivity contribution in [2.45, 2.75) is 6.42 Å². The molecule has 3 aromatic rings. The van der Waals surface area contributed by atoms with Gasteiger partial charge in [0.1, 0.15) is 0 Å².